The van der Waals surface area contributed by atoms with Gasteiger partial charge in [0.15, 0.2) is 5.13 Å². The molecule has 0 aliphatic rings. The average Bonchev–Trinajstić information content (AvgIpc) is 3.00. The molecule has 8 heteroatoms. The maximum atomic E-state index is 12.4. The minimum atomic E-state index is -0.765. The fraction of sp³-hybridized carbons (Fsp3) is 0.188. The summed E-state index contributed by atoms with van der Waals surface area (Å²) >= 11 is 1.34. The van der Waals surface area contributed by atoms with Crippen LogP contribution in [0, 0.1) is 6.92 Å². The summed E-state index contributed by atoms with van der Waals surface area (Å²) < 4.78 is 1.16. The molecule has 1 atom stereocenters. The normalized spacial score (nSPS) is 11.9. The van der Waals surface area contributed by atoms with Crippen molar-refractivity contribution in [3.05, 3.63) is 58.1 Å². The smallest absolute Gasteiger partial charge is 0.267 e. The number of nitrogens with zero attached hydrogens (tertiary/aromatic N) is 4. The van der Waals surface area contributed by atoms with E-state index in [-0.39, 0.29) is 11.5 Å². The van der Waals surface area contributed by atoms with E-state index in [0.29, 0.717) is 10.8 Å². The summed E-state index contributed by atoms with van der Waals surface area (Å²) in [6.45, 7) is 3.47. The molecule has 3 heterocycles. The summed E-state index contributed by atoms with van der Waals surface area (Å²) in [5.41, 5.74) is 1.83. The molecular formula is C16H15N5O2S. The number of hydrogen-bond acceptors (Lipinski definition) is 6. The maximum Gasteiger partial charge on any atom is 0.267 e. The Morgan fingerprint density at radius 3 is 2.83 bits per heavy atom. The van der Waals surface area contributed by atoms with E-state index in [1.165, 1.54) is 17.4 Å². The van der Waals surface area contributed by atoms with Gasteiger partial charge >= 0.3 is 0 Å². The number of amides is 1. The fourth-order valence-corrected chi connectivity index (χ4v) is 2.79. The number of aryl methyl sites for hydroxylation is 1. The van der Waals surface area contributed by atoms with E-state index < -0.39 is 6.04 Å². The number of carbonyl (C=O) groups excluding carboxylic acids is 1. The molecule has 3 aromatic rings. The SMILES string of the molecule is Cc1csc(NC(=O)C(C)n2nc(-c3cccnc3)ccc2=O)n1. The van der Waals surface area contributed by atoms with E-state index in [9.17, 15) is 9.59 Å². The summed E-state index contributed by atoms with van der Waals surface area (Å²) in [6, 6.07) is 5.87. The van der Waals surface area contributed by atoms with Gasteiger partial charge in [-0.1, -0.05) is 0 Å². The Kier molecular flexibility index (Phi) is 4.48. The minimum absolute atomic E-state index is 0.345. The van der Waals surface area contributed by atoms with Crippen molar-refractivity contribution in [1.82, 2.24) is 19.7 Å². The Balaban J connectivity index is 1.87. The first-order valence-electron chi connectivity index (χ1n) is 7.28. The first-order valence-corrected chi connectivity index (χ1v) is 8.16. The average molecular weight is 341 g/mol. The van der Waals surface area contributed by atoms with Gasteiger partial charge in [-0.3, -0.25) is 14.6 Å². The first kappa shape index (κ1) is 16.0. The molecule has 0 aromatic carbocycles. The molecule has 24 heavy (non-hydrogen) atoms. The van der Waals surface area contributed by atoms with Crippen LogP contribution in [0.5, 0.6) is 0 Å². The van der Waals surface area contributed by atoms with Gasteiger partial charge < -0.3 is 5.32 Å². The number of rotatable bonds is 4. The molecule has 1 amide bonds. The second-order valence-corrected chi connectivity index (χ2v) is 6.06. The Hall–Kier alpha value is -2.87. The van der Waals surface area contributed by atoms with Crippen LogP contribution in [0.2, 0.25) is 0 Å². The number of aromatic nitrogens is 4. The lowest BCUT2D eigenvalue weighted by Gasteiger charge is -2.13. The zero-order valence-electron chi connectivity index (χ0n) is 13.1. The summed E-state index contributed by atoms with van der Waals surface area (Å²) in [5.74, 6) is -0.345. The molecule has 1 unspecified atom stereocenters. The van der Waals surface area contributed by atoms with Crippen molar-refractivity contribution in [3.8, 4) is 11.3 Å². The lowest BCUT2D eigenvalue weighted by molar-refractivity contribution is -0.119. The van der Waals surface area contributed by atoms with Crippen LogP contribution in [0.15, 0.2) is 46.8 Å². The third-order valence-corrected chi connectivity index (χ3v) is 4.25. The van der Waals surface area contributed by atoms with Crippen LogP contribution in [-0.2, 0) is 4.79 Å². The minimum Gasteiger partial charge on any atom is -0.300 e. The molecule has 0 saturated heterocycles. The molecule has 1 N–H and O–H groups in total. The van der Waals surface area contributed by atoms with Gasteiger partial charge in [0.05, 0.1) is 11.4 Å². The molecule has 3 rings (SSSR count). The number of thiazole rings is 1. The van der Waals surface area contributed by atoms with Crippen LogP contribution in [0.3, 0.4) is 0 Å². The molecule has 7 nitrogen and oxygen atoms in total. The highest BCUT2D eigenvalue weighted by atomic mass is 32.1. The molecule has 122 valence electrons. The second kappa shape index (κ2) is 6.71. The van der Waals surface area contributed by atoms with E-state index in [0.717, 1.165) is 15.9 Å². The van der Waals surface area contributed by atoms with E-state index in [1.54, 1.807) is 31.5 Å². The summed E-state index contributed by atoms with van der Waals surface area (Å²) in [6.07, 6.45) is 3.31. The van der Waals surface area contributed by atoms with Crippen LogP contribution >= 0.6 is 11.3 Å². The molecule has 0 radical (unpaired) electrons. The molecular weight excluding hydrogens is 326 g/mol. The predicted octanol–water partition coefficient (Wildman–Crippen LogP) is 2.27. The topological polar surface area (TPSA) is 89.8 Å². The highest BCUT2D eigenvalue weighted by molar-refractivity contribution is 7.13. The molecule has 0 fully saturated rings. The highest BCUT2D eigenvalue weighted by Gasteiger charge is 2.19. The van der Waals surface area contributed by atoms with Gasteiger partial charge in [-0.05, 0) is 32.0 Å². The van der Waals surface area contributed by atoms with Gasteiger partial charge in [-0.25, -0.2) is 9.67 Å². The Bertz CT molecular complexity index is 919. The van der Waals surface area contributed by atoms with E-state index >= 15 is 0 Å². The largest absolute Gasteiger partial charge is 0.300 e. The van der Waals surface area contributed by atoms with Crippen molar-refractivity contribution in [2.45, 2.75) is 19.9 Å². The van der Waals surface area contributed by atoms with Gasteiger partial charge in [-0.2, -0.15) is 5.10 Å². The molecule has 0 aliphatic carbocycles. The standard InChI is InChI=1S/C16H15N5O2S/c1-10-9-24-16(18-10)19-15(23)11(2)21-14(22)6-5-13(20-21)12-4-3-7-17-8-12/h3-9,11H,1-2H3,(H,18,19,23). The number of anilines is 1. The van der Waals surface area contributed by atoms with E-state index in [4.69, 9.17) is 0 Å². The number of hydrogen-bond donors (Lipinski definition) is 1. The molecule has 0 aliphatic heterocycles. The van der Waals surface area contributed by atoms with Crippen LogP contribution in [0.25, 0.3) is 11.3 Å². The van der Waals surface area contributed by atoms with Crippen molar-refractivity contribution in [3.63, 3.8) is 0 Å². The summed E-state index contributed by atoms with van der Waals surface area (Å²) in [7, 11) is 0. The van der Waals surface area contributed by atoms with E-state index in [2.05, 4.69) is 20.4 Å². The lowest BCUT2D eigenvalue weighted by Crippen LogP contribution is -2.33. The van der Waals surface area contributed by atoms with Crippen molar-refractivity contribution in [1.29, 1.82) is 0 Å². The monoisotopic (exact) mass is 341 g/mol. The highest BCUT2D eigenvalue weighted by Crippen LogP contribution is 2.17. The predicted molar refractivity (Wildman–Crippen MR) is 91.9 cm³/mol. The van der Waals surface area contributed by atoms with Gasteiger partial charge in [-0.15, -0.1) is 11.3 Å². The maximum absolute atomic E-state index is 12.4. The molecule has 3 aromatic heterocycles. The van der Waals surface area contributed by atoms with Crippen LogP contribution in [-0.4, -0.2) is 25.7 Å². The lowest BCUT2D eigenvalue weighted by atomic mass is 10.2. The molecule has 0 saturated carbocycles. The third-order valence-electron chi connectivity index (χ3n) is 3.38. The Morgan fingerprint density at radius 1 is 1.33 bits per heavy atom. The zero-order valence-corrected chi connectivity index (χ0v) is 13.9. The van der Waals surface area contributed by atoms with Gasteiger partial charge in [0.1, 0.15) is 6.04 Å². The molecule has 0 spiro atoms. The second-order valence-electron chi connectivity index (χ2n) is 5.20. The van der Waals surface area contributed by atoms with Crippen molar-refractivity contribution >= 4 is 22.4 Å². The number of nitrogens with one attached hydrogen (secondary N) is 1. The van der Waals surface area contributed by atoms with Crippen molar-refractivity contribution in [2.75, 3.05) is 5.32 Å². The van der Waals surface area contributed by atoms with Crippen molar-refractivity contribution in [2.24, 2.45) is 0 Å². The number of pyridine rings is 1. The van der Waals surface area contributed by atoms with Crippen molar-refractivity contribution < 1.29 is 4.79 Å². The summed E-state index contributed by atoms with van der Waals surface area (Å²) in [5, 5.41) is 9.34. The summed E-state index contributed by atoms with van der Waals surface area (Å²) in [4.78, 5) is 32.7. The quantitative estimate of drug-likeness (QED) is 0.786. The zero-order chi connectivity index (χ0) is 17.1. The van der Waals surface area contributed by atoms with Gasteiger partial charge in [0, 0.05) is 29.4 Å². The van der Waals surface area contributed by atoms with Gasteiger partial charge in [0.25, 0.3) is 11.5 Å². The van der Waals surface area contributed by atoms with Crippen LogP contribution in [0.4, 0.5) is 5.13 Å². The van der Waals surface area contributed by atoms with Gasteiger partial charge in [0.2, 0.25) is 0 Å². The first-order chi connectivity index (χ1) is 11.5. The third kappa shape index (κ3) is 3.38. The number of carbonyl (C=O) groups is 1. The van der Waals surface area contributed by atoms with E-state index in [1.807, 2.05) is 18.4 Å². The van der Waals surface area contributed by atoms with Crippen LogP contribution in [0.1, 0.15) is 18.7 Å². The fourth-order valence-electron chi connectivity index (χ4n) is 2.10. The Labute approximate surface area is 142 Å². The van der Waals surface area contributed by atoms with Crippen LogP contribution < -0.4 is 10.9 Å². The molecule has 0 bridgehead atoms. The Morgan fingerprint density at radius 2 is 2.17 bits per heavy atom.